The molecule has 1 saturated heterocycles. The van der Waals surface area contributed by atoms with Gasteiger partial charge in [-0.3, -0.25) is 19.7 Å². The molecule has 29 heavy (non-hydrogen) atoms. The number of nitro benzene ring substituents is 1. The molecule has 0 spiro atoms. The second-order valence-corrected chi connectivity index (χ2v) is 9.33. The van der Waals surface area contributed by atoms with Crippen molar-refractivity contribution in [2.45, 2.75) is 43.9 Å². The van der Waals surface area contributed by atoms with E-state index in [0.717, 1.165) is 43.7 Å². The molecule has 1 N–H and O–H groups in total. The van der Waals surface area contributed by atoms with E-state index in [4.69, 9.17) is 0 Å². The van der Waals surface area contributed by atoms with Gasteiger partial charge in [0.15, 0.2) is 9.84 Å². The minimum atomic E-state index is -3.71. The Hall–Kier alpha value is -2.49. The number of rotatable bonds is 8. The Balaban J connectivity index is 2.04. The summed E-state index contributed by atoms with van der Waals surface area (Å²) in [4.78, 5) is 36.6. The minimum absolute atomic E-state index is 0.0112. The zero-order valence-corrected chi connectivity index (χ0v) is 17.5. The number of carbonyl (C=O) groups is 2. The van der Waals surface area contributed by atoms with Crippen LogP contribution in [0.4, 0.5) is 5.69 Å². The van der Waals surface area contributed by atoms with Crippen LogP contribution < -0.4 is 5.32 Å². The Bertz CT molecular complexity index is 876. The lowest BCUT2D eigenvalue weighted by molar-refractivity contribution is -0.385. The fourth-order valence-corrected chi connectivity index (χ4v) is 3.96. The van der Waals surface area contributed by atoms with Crippen LogP contribution in [0.2, 0.25) is 0 Å². The second-order valence-electron chi connectivity index (χ2n) is 7.31. The van der Waals surface area contributed by atoms with Gasteiger partial charge in [0.1, 0.15) is 0 Å². The molecule has 1 aromatic carbocycles. The van der Waals surface area contributed by atoms with Gasteiger partial charge >= 0.3 is 0 Å². The molecule has 1 aromatic rings. The Labute approximate surface area is 170 Å². The van der Waals surface area contributed by atoms with Crippen LogP contribution >= 0.6 is 0 Å². The molecule has 1 aliphatic rings. The number of sulfone groups is 1. The average Bonchev–Trinajstić information content (AvgIpc) is 2.69. The first-order valence-electron chi connectivity index (χ1n) is 9.70. The largest absolute Gasteiger partial charge is 0.356 e. The Morgan fingerprint density at radius 1 is 1.21 bits per heavy atom. The van der Waals surface area contributed by atoms with Gasteiger partial charge in [-0.1, -0.05) is 19.8 Å². The van der Waals surface area contributed by atoms with E-state index in [1.165, 1.54) is 4.90 Å². The third-order valence-corrected chi connectivity index (χ3v) is 6.10. The van der Waals surface area contributed by atoms with E-state index >= 15 is 0 Å². The lowest BCUT2D eigenvalue weighted by atomic mass is 9.95. The fourth-order valence-electron chi connectivity index (χ4n) is 3.28. The molecule has 0 atom stereocenters. The highest BCUT2D eigenvalue weighted by Crippen LogP contribution is 2.24. The normalized spacial score (nSPS) is 15.2. The van der Waals surface area contributed by atoms with E-state index in [2.05, 4.69) is 12.2 Å². The number of nitrogens with zero attached hydrogens (tertiary/aromatic N) is 2. The Morgan fingerprint density at radius 3 is 2.41 bits per heavy atom. The molecular formula is C19H27N3O6S. The molecule has 0 unspecified atom stereocenters. The lowest BCUT2D eigenvalue weighted by Crippen LogP contribution is -2.43. The van der Waals surface area contributed by atoms with Gasteiger partial charge < -0.3 is 10.2 Å². The van der Waals surface area contributed by atoms with Gasteiger partial charge in [0.25, 0.3) is 11.6 Å². The number of nitrogens with one attached hydrogen (secondary N) is 1. The summed E-state index contributed by atoms with van der Waals surface area (Å²) in [6.07, 6.45) is 5.01. The van der Waals surface area contributed by atoms with E-state index in [1.54, 1.807) is 0 Å². The fraction of sp³-hybridized carbons (Fsp3) is 0.579. The Kier molecular flexibility index (Phi) is 7.72. The number of hydrogen-bond donors (Lipinski definition) is 1. The molecule has 9 nitrogen and oxygen atoms in total. The van der Waals surface area contributed by atoms with Crippen molar-refractivity contribution in [1.29, 1.82) is 0 Å². The maximum absolute atomic E-state index is 12.8. The van der Waals surface area contributed by atoms with E-state index in [0.29, 0.717) is 32.5 Å². The number of benzene rings is 1. The van der Waals surface area contributed by atoms with Crippen LogP contribution in [0.5, 0.6) is 0 Å². The zero-order valence-electron chi connectivity index (χ0n) is 16.7. The molecular weight excluding hydrogens is 398 g/mol. The van der Waals surface area contributed by atoms with Crippen molar-refractivity contribution in [3.63, 3.8) is 0 Å². The van der Waals surface area contributed by atoms with Crippen molar-refractivity contribution in [3.8, 4) is 0 Å². The molecule has 10 heteroatoms. The summed E-state index contributed by atoms with van der Waals surface area (Å²) in [6, 6.07) is 3.20. The molecule has 0 bridgehead atoms. The second kappa shape index (κ2) is 9.82. The Morgan fingerprint density at radius 2 is 1.86 bits per heavy atom. The number of amides is 2. The van der Waals surface area contributed by atoms with E-state index < -0.39 is 26.4 Å². The van der Waals surface area contributed by atoms with Gasteiger partial charge in [-0.05, 0) is 25.3 Å². The molecule has 1 heterocycles. The highest BCUT2D eigenvalue weighted by Gasteiger charge is 2.29. The van der Waals surface area contributed by atoms with Crippen molar-refractivity contribution in [2.75, 3.05) is 25.9 Å². The van der Waals surface area contributed by atoms with Crippen molar-refractivity contribution in [2.24, 2.45) is 5.92 Å². The number of nitro groups is 1. The highest BCUT2D eigenvalue weighted by molar-refractivity contribution is 7.90. The third kappa shape index (κ3) is 6.25. The van der Waals surface area contributed by atoms with Gasteiger partial charge in [0.2, 0.25) is 5.91 Å². The standard InChI is InChI=1S/C19H27N3O6S/c1-3-4-5-8-20-18(23)14-6-9-21(10-7-14)19(24)15-11-16(22(25)26)13-17(12-15)29(2,27)28/h11-14H,3-10H2,1-2H3,(H,20,23). The maximum Gasteiger partial charge on any atom is 0.271 e. The monoisotopic (exact) mass is 425 g/mol. The first kappa shape index (κ1) is 22.8. The van der Waals surface area contributed by atoms with Gasteiger partial charge in [-0.15, -0.1) is 0 Å². The predicted molar refractivity (Wildman–Crippen MR) is 107 cm³/mol. The van der Waals surface area contributed by atoms with Crippen molar-refractivity contribution < 1.29 is 22.9 Å². The highest BCUT2D eigenvalue weighted by atomic mass is 32.2. The van der Waals surface area contributed by atoms with Crippen LogP contribution in [0.1, 0.15) is 49.4 Å². The number of piperidine rings is 1. The topological polar surface area (TPSA) is 127 Å². The molecule has 0 aliphatic carbocycles. The van der Waals surface area contributed by atoms with Crippen LogP contribution in [-0.4, -0.2) is 55.9 Å². The predicted octanol–water partition coefficient (Wildman–Crippen LogP) is 2.16. The first-order chi connectivity index (χ1) is 13.6. The number of likely N-dealkylation sites (tertiary alicyclic amines) is 1. The summed E-state index contributed by atoms with van der Waals surface area (Å²) in [5, 5.41) is 14.0. The van der Waals surface area contributed by atoms with Crippen molar-refractivity contribution in [1.82, 2.24) is 10.2 Å². The van der Waals surface area contributed by atoms with Gasteiger partial charge in [0.05, 0.1) is 9.82 Å². The molecule has 0 saturated carbocycles. The summed E-state index contributed by atoms with van der Waals surface area (Å²) < 4.78 is 23.6. The average molecular weight is 426 g/mol. The van der Waals surface area contributed by atoms with Gasteiger partial charge in [-0.2, -0.15) is 0 Å². The van der Waals surface area contributed by atoms with Crippen molar-refractivity contribution >= 4 is 27.3 Å². The molecule has 1 aliphatic heterocycles. The van der Waals surface area contributed by atoms with Crippen LogP contribution in [0, 0.1) is 16.0 Å². The molecule has 2 amide bonds. The van der Waals surface area contributed by atoms with E-state index in [1.807, 2.05) is 0 Å². The lowest BCUT2D eigenvalue weighted by Gasteiger charge is -2.31. The number of hydrogen-bond acceptors (Lipinski definition) is 6. The van der Waals surface area contributed by atoms with Crippen molar-refractivity contribution in [3.05, 3.63) is 33.9 Å². The summed E-state index contributed by atoms with van der Waals surface area (Å²) in [5.74, 6) is -0.652. The van der Waals surface area contributed by atoms with E-state index in [-0.39, 0.29) is 22.3 Å². The SMILES string of the molecule is CCCCCNC(=O)C1CCN(C(=O)c2cc([N+](=O)[O-])cc(S(C)(=O)=O)c2)CC1. The van der Waals surface area contributed by atoms with Crippen LogP contribution in [0.3, 0.4) is 0 Å². The molecule has 160 valence electrons. The van der Waals surface area contributed by atoms with Gasteiger partial charge in [0, 0.05) is 49.5 Å². The molecule has 0 radical (unpaired) electrons. The zero-order chi connectivity index (χ0) is 21.6. The summed E-state index contributed by atoms with van der Waals surface area (Å²) >= 11 is 0. The van der Waals surface area contributed by atoms with Gasteiger partial charge in [-0.25, -0.2) is 8.42 Å². The maximum atomic E-state index is 12.8. The quantitative estimate of drug-likeness (QED) is 0.386. The smallest absolute Gasteiger partial charge is 0.271 e. The number of non-ortho nitro benzene ring substituents is 1. The summed E-state index contributed by atoms with van der Waals surface area (Å²) in [7, 11) is -3.71. The van der Waals surface area contributed by atoms with Crippen LogP contribution in [-0.2, 0) is 14.6 Å². The van der Waals surface area contributed by atoms with E-state index in [9.17, 15) is 28.1 Å². The molecule has 0 aromatic heterocycles. The summed E-state index contributed by atoms with van der Waals surface area (Å²) in [6.45, 7) is 3.41. The van der Waals surface area contributed by atoms with Crippen LogP contribution in [0.15, 0.2) is 23.1 Å². The minimum Gasteiger partial charge on any atom is -0.356 e. The molecule has 2 rings (SSSR count). The number of unbranched alkanes of at least 4 members (excludes halogenated alkanes) is 2. The number of carbonyl (C=O) groups excluding carboxylic acids is 2. The summed E-state index contributed by atoms with van der Waals surface area (Å²) in [5.41, 5.74) is -0.486. The van der Waals surface area contributed by atoms with Crippen LogP contribution in [0.25, 0.3) is 0 Å². The third-order valence-electron chi connectivity index (χ3n) is 5.01. The molecule has 1 fully saturated rings. The first-order valence-corrected chi connectivity index (χ1v) is 11.6.